The first kappa shape index (κ1) is 16.7. The number of hydrogen-bond acceptors (Lipinski definition) is 3. The van der Waals surface area contributed by atoms with Gasteiger partial charge in [-0.3, -0.25) is 9.59 Å². The number of ketones is 1. The van der Waals surface area contributed by atoms with Crippen LogP contribution in [-0.2, 0) is 27.2 Å². The van der Waals surface area contributed by atoms with Crippen LogP contribution in [0.2, 0.25) is 0 Å². The van der Waals surface area contributed by atoms with Crippen molar-refractivity contribution in [1.29, 1.82) is 0 Å². The Morgan fingerprint density at radius 2 is 1.82 bits per heavy atom. The lowest BCUT2D eigenvalue weighted by atomic mass is 9.75. The largest absolute Gasteiger partial charge is 0.469 e. The fourth-order valence-corrected chi connectivity index (χ4v) is 3.52. The normalized spacial score (nSPS) is 21.4. The average molecular weight is 302 g/mol. The zero-order valence-electron chi connectivity index (χ0n) is 13.9. The number of aryl methyl sites for hydroxylation is 2. The molecule has 0 N–H and O–H groups in total. The first-order valence-electron chi connectivity index (χ1n) is 8.25. The summed E-state index contributed by atoms with van der Waals surface area (Å²) in [5.74, 6) is -0.458. The molecule has 3 nitrogen and oxygen atoms in total. The molecule has 1 aromatic carbocycles. The van der Waals surface area contributed by atoms with Crippen LogP contribution in [0.4, 0.5) is 0 Å². The Bertz CT molecular complexity index is 548. The van der Waals surface area contributed by atoms with Gasteiger partial charge in [0.15, 0.2) is 0 Å². The lowest BCUT2D eigenvalue weighted by molar-refractivity contribution is -0.151. The minimum atomic E-state index is -0.248. The number of Topliss-reactive ketones (excluding diaryl/α,β-unsaturated/α-hetero) is 1. The van der Waals surface area contributed by atoms with E-state index < -0.39 is 0 Å². The molecule has 2 unspecified atom stereocenters. The molecule has 2 atom stereocenters. The maximum absolute atomic E-state index is 12.7. The summed E-state index contributed by atoms with van der Waals surface area (Å²) in [6.45, 7) is 4.18. The van der Waals surface area contributed by atoms with Gasteiger partial charge in [-0.05, 0) is 37.3 Å². The molecule has 0 amide bonds. The highest BCUT2D eigenvalue weighted by atomic mass is 16.5. The first-order chi connectivity index (χ1) is 10.6. The van der Waals surface area contributed by atoms with E-state index in [0.717, 1.165) is 37.7 Å². The van der Waals surface area contributed by atoms with E-state index in [4.69, 9.17) is 4.74 Å². The Labute approximate surface area is 133 Å². The lowest BCUT2D eigenvalue weighted by Gasteiger charge is -2.28. The van der Waals surface area contributed by atoms with Crippen LogP contribution in [0.1, 0.15) is 49.3 Å². The number of benzene rings is 1. The molecule has 1 saturated carbocycles. The van der Waals surface area contributed by atoms with Crippen LogP contribution in [0.15, 0.2) is 18.2 Å². The van der Waals surface area contributed by atoms with Crippen LogP contribution < -0.4 is 0 Å². The lowest BCUT2D eigenvalue weighted by Crippen LogP contribution is -2.34. The third kappa shape index (κ3) is 3.76. The summed E-state index contributed by atoms with van der Waals surface area (Å²) in [4.78, 5) is 24.7. The van der Waals surface area contributed by atoms with Gasteiger partial charge in [-0.2, -0.15) is 0 Å². The predicted molar refractivity (Wildman–Crippen MR) is 86.7 cm³/mol. The second-order valence-corrected chi connectivity index (χ2v) is 6.29. The molecule has 0 aromatic heterocycles. The highest BCUT2D eigenvalue weighted by Gasteiger charge is 2.36. The van der Waals surface area contributed by atoms with Gasteiger partial charge in [0.25, 0.3) is 0 Å². The topological polar surface area (TPSA) is 43.4 Å². The second kappa shape index (κ2) is 7.57. The van der Waals surface area contributed by atoms with Gasteiger partial charge in [0.2, 0.25) is 0 Å². The van der Waals surface area contributed by atoms with Crippen molar-refractivity contribution < 1.29 is 14.3 Å². The molecule has 1 aromatic rings. The van der Waals surface area contributed by atoms with Crippen LogP contribution >= 0.6 is 0 Å². The van der Waals surface area contributed by atoms with Crippen LogP contribution in [0.5, 0.6) is 0 Å². The van der Waals surface area contributed by atoms with Gasteiger partial charge in [0, 0.05) is 12.3 Å². The van der Waals surface area contributed by atoms with Gasteiger partial charge in [-0.25, -0.2) is 0 Å². The average Bonchev–Trinajstić information content (AvgIpc) is 2.55. The zero-order chi connectivity index (χ0) is 16.1. The fourth-order valence-electron chi connectivity index (χ4n) is 3.52. The first-order valence-corrected chi connectivity index (χ1v) is 8.25. The standard InChI is InChI=1S/C19H26O3/c1-4-14-11-13(2)9-10-15(14)12-18(20)16-7-5-6-8-17(16)19(21)22-3/h9-11,16-17H,4-8,12H2,1-3H3. The smallest absolute Gasteiger partial charge is 0.309 e. The van der Waals surface area contributed by atoms with Crippen LogP contribution in [0.3, 0.4) is 0 Å². The molecule has 1 aliphatic rings. The summed E-state index contributed by atoms with van der Waals surface area (Å²) >= 11 is 0. The number of carbonyl (C=O) groups is 2. The van der Waals surface area contributed by atoms with E-state index in [1.165, 1.54) is 18.2 Å². The summed E-state index contributed by atoms with van der Waals surface area (Å²) in [5, 5.41) is 0. The highest BCUT2D eigenvalue weighted by molar-refractivity contribution is 5.88. The quantitative estimate of drug-likeness (QED) is 0.780. The zero-order valence-corrected chi connectivity index (χ0v) is 13.9. The van der Waals surface area contributed by atoms with Gasteiger partial charge in [0.05, 0.1) is 13.0 Å². The maximum Gasteiger partial charge on any atom is 0.309 e. The predicted octanol–water partition coefficient (Wildman–Crippen LogP) is 3.65. The van der Waals surface area contributed by atoms with Crippen molar-refractivity contribution in [3.8, 4) is 0 Å². The number of hydrogen-bond donors (Lipinski definition) is 0. The summed E-state index contributed by atoms with van der Waals surface area (Å²) in [7, 11) is 1.41. The third-order valence-electron chi connectivity index (χ3n) is 4.79. The van der Waals surface area contributed by atoms with E-state index in [0.29, 0.717) is 6.42 Å². The van der Waals surface area contributed by atoms with E-state index in [1.54, 1.807) is 0 Å². The van der Waals surface area contributed by atoms with Gasteiger partial charge < -0.3 is 4.74 Å². The SMILES string of the molecule is CCc1cc(C)ccc1CC(=O)C1CCCCC1C(=O)OC. The van der Waals surface area contributed by atoms with E-state index in [-0.39, 0.29) is 23.6 Å². The summed E-state index contributed by atoms with van der Waals surface area (Å²) in [6.07, 6.45) is 4.98. The summed E-state index contributed by atoms with van der Waals surface area (Å²) in [5.41, 5.74) is 3.56. The maximum atomic E-state index is 12.7. The molecule has 1 aliphatic carbocycles. The molecule has 0 heterocycles. The molecule has 22 heavy (non-hydrogen) atoms. The van der Waals surface area contributed by atoms with Crippen molar-refractivity contribution in [2.24, 2.45) is 11.8 Å². The molecule has 0 spiro atoms. The Balaban J connectivity index is 2.15. The van der Waals surface area contributed by atoms with Crippen molar-refractivity contribution >= 4 is 11.8 Å². The number of esters is 1. The third-order valence-corrected chi connectivity index (χ3v) is 4.79. The van der Waals surface area contributed by atoms with Crippen molar-refractivity contribution in [2.45, 2.75) is 52.4 Å². The minimum absolute atomic E-state index is 0.174. The highest BCUT2D eigenvalue weighted by Crippen LogP contribution is 2.32. The Kier molecular flexibility index (Phi) is 5.76. The summed E-state index contributed by atoms with van der Waals surface area (Å²) < 4.78 is 4.89. The van der Waals surface area contributed by atoms with Crippen LogP contribution in [-0.4, -0.2) is 18.9 Å². The molecule has 3 heteroatoms. The van der Waals surface area contributed by atoms with Crippen LogP contribution in [0, 0.1) is 18.8 Å². The Hall–Kier alpha value is -1.64. The van der Waals surface area contributed by atoms with Crippen molar-refractivity contribution in [2.75, 3.05) is 7.11 Å². The van der Waals surface area contributed by atoms with Gasteiger partial charge in [0.1, 0.15) is 5.78 Å². The molecular weight excluding hydrogens is 276 g/mol. The molecular formula is C19H26O3. The van der Waals surface area contributed by atoms with E-state index in [1.807, 2.05) is 0 Å². The summed E-state index contributed by atoms with van der Waals surface area (Å²) in [6, 6.07) is 6.27. The molecule has 120 valence electrons. The van der Waals surface area contributed by atoms with Crippen molar-refractivity contribution in [3.63, 3.8) is 0 Å². The second-order valence-electron chi connectivity index (χ2n) is 6.29. The van der Waals surface area contributed by atoms with Crippen molar-refractivity contribution in [3.05, 3.63) is 34.9 Å². The monoisotopic (exact) mass is 302 g/mol. The van der Waals surface area contributed by atoms with Gasteiger partial charge in [-0.1, -0.05) is 43.5 Å². The fraction of sp³-hybridized carbons (Fsp3) is 0.579. The van der Waals surface area contributed by atoms with Gasteiger partial charge >= 0.3 is 5.97 Å². The molecule has 2 rings (SSSR count). The molecule has 0 radical (unpaired) electrons. The van der Waals surface area contributed by atoms with Crippen LogP contribution in [0.25, 0.3) is 0 Å². The molecule has 0 bridgehead atoms. The van der Waals surface area contributed by atoms with Crippen molar-refractivity contribution in [1.82, 2.24) is 0 Å². The molecule has 0 aliphatic heterocycles. The van der Waals surface area contributed by atoms with E-state index in [9.17, 15) is 9.59 Å². The number of rotatable bonds is 5. The number of carbonyl (C=O) groups excluding carboxylic acids is 2. The Morgan fingerprint density at radius 3 is 2.45 bits per heavy atom. The van der Waals surface area contributed by atoms with Gasteiger partial charge in [-0.15, -0.1) is 0 Å². The minimum Gasteiger partial charge on any atom is -0.469 e. The molecule has 0 saturated heterocycles. The molecule has 1 fully saturated rings. The number of ether oxygens (including phenoxy) is 1. The van der Waals surface area contributed by atoms with E-state index >= 15 is 0 Å². The Morgan fingerprint density at radius 1 is 1.14 bits per heavy atom. The van der Waals surface area contributed by atoms with E-state index in [2.05, 4.69) is 32.0 Å². The number of methoxy groups -OCH3 is 1.